The Labute approximate surface area is 113 Å². The van der Waals surface area contributed by atoms with Crippen LogP contribution in [-0.2, 0) is 16.6 Å². The van der Waals surface area contributed by atoms with Crippen molar-refractivity contribution in [1.82, 2.24) is 4.31 Å². The fourth-order valence-corrected chi connectivity index (χ4v) is 4.42. The van der Waals surface area contributed by atoms with Gasteiger partial charge in [0.15, 0.2) is 0 Å². The van der Waals surface area contributed by atoms with Crippen molar-refractivity contribution in [2.75, 3.05) is 7.05 Å². The summed E-state index contributed by atoms with van der Waals surface area (Å²) < 4.78 is 26.5. The van der Waals surface area contributed by atoms with Crippen LogP contribution in [0.15, 0.2) is 16.3 Å². The Morgan fingerprint density at radius 3 is 2.33 bits per heavy atom. The molecule has 18 heavy (non-hydrogen) atoms. The van der Waals surface area contributed by atoms with Crippen molar-refractivity contribution in [2.45, 2.75) is 44.6 Å². The van der Waals surface area contributed by atoms with Crippen LogP contribution in [0.2, 0.25) is 0 Å². The molecule has 1 atom stereocenters. The third kappa shape index (κ3) is 3.12. The molecule has 0 aliphatic heterocycles. The van der Waals surface area contributed by atoms with Crippen molar-refractivity contribution >= 4 is 21.4 Å². The summed E-state index contributed by atoms with van der Waals surface area (Å²) in [6.45, 7) is 7.81. The molecule has 0 saturated heterocycles. The maximum absolute atomic E-state index is 12.4. The van der Waals surface area contributed by atoms with Crippen molar-refractivity contribution in [3.63, 3.8) is 0 Å². The van der Waals surface area contributed by atoms with E-state index in [4.69, 9.17) is 5.11 Å². The molecule has 0 aliphatic rings. The number of thiophene rings is 1. The van der Waals surface area contributed by atoms with Crippen molar-refractivity contribution < 1.29 is 13.5 Å². The van der Waals surface area contributed by atoms with Crippen molar-refractivity contribution in [3.05, 3.63) is 17.0 Å². The van der Waals surface area contributed by atoms with E-state index in [0.29, 0.717) is 4.88 Å². The lowest BCUT2D eigenvalue weighted by molar-refractivity contribution is 0.217. The van der Waals surface area contributed by atoms with Gasteiger partial charge in [-0.25, -0.2) is 8.42 Å². The maximum Gasteiger partial charge on any atom is 0.252 e. The van der Waals surface area contributed by atoms with Crippen LogP contribution in [0.5, 0.6) is 0 Å². The fraction of sp³-hybridized carbons (Fsp3) is 0.667. The van der Waals surface area contributed by atoms with Gasteiger partial charge in [0, 0.05) is 18.0 Å². The van der Waals surface area contributed by atoms with Gasteiger partial charge in [-0.05, 0) is 24.5 Å². The molecule has 1 aromatic heterocycles. The molecule has 0 fully saturated rings. The smallest absolute Gasteiger partial charge is 0.252 e. The Morgan fingerprint density at radius 1 is 1.39 bits per heavy atom. The van der Waals surface area contributed by atoms with E-state index in [9.17, 15) is 8.42 Å². The van der Waals surface area contributed by atoms with Crippen LogP contribution < -0.4 is 0 Å². The van der Waals surface area contributed by atoms with Gasteiger partial charge in [0.25, 0.3) is 10.0 Å². The highest BCUT2D eigenvalue weighted by Gasteiger charge is 2.33. The molecule has 6 heteroatoms. The van der Waals surface area contributed by atoms with Crippen molar-refractivity contribution in [1.29, 1.82) is 0 Å². The summed E-state index contributed by atoms with van der Waals surface area (Å²) >= 11 is 1.12. The summed E-state index contributed by atoms with van der Waals surface area (Å²) in [7, 11) is -1.87. The first-order valence-corrected chi connectivity index (χ1v) is 8.04. The highest BCUT2D eigenvalue weighted by Crippen LogP contribution is 2.30. The van der Waals surface area contributed by atoms with E-state index in [-0.39, 0.29) is 22.3 Å². The fourth-order valence-electron chi connectivity index (χ4n) is 1.48. The Hall–Kier alpha value is -0.430. The number of hydrogen-bond donors (Lipinski definition) is 1. The van der Waals surface area contributed by atoms with E-state index in [1.54, 1.807) is 19.2 Å². The number of aliphatic hydroxyl groups is 1. The molecule has 0 aromatic carbocycles. The summed E-state index contributed by atoms with van der Waals surface area (Å²) in [6, 6.07) is 3.09. The number of nitrogens with zero attached hydrogens (tertiary/aromatic N) is 1. The van der Waals surface area contributed by atoms with Gasteiger partial charge in [-0.2, -0.15) is 4.31 Å². The first-order valence-electron chi connectivity index (χ1n) is 5.78. The molecule has 4 nitrogen and oxygen atoms in total. The molecule has 0 radical (unpaired) electrons. The molecule has 1 aromatic rings. The van der Waals surface area contributed by atoms with Crippen LogP contribution in [0, 0.1) is 5.41 Å². The number of rotatable bonds is 4. The van der Waals surface area contributed by atoms with E-state index < -0.39 is 10.0 Å². The molecule has 0 amide bonds. The van der Waals surface area contributed by atoms with E-state index in [2.05, 4.69) is 0 Å². The summed E-state index contributed by atoms with van der Waals surface area (Å²) in [5.74, 6) is 0. The monoisotopic (exact) mass is 291 g/mol. The second-order valence-electron chi connectivity index (χ2n) is 5.44. The van der Waals surface area contributed by atoms with E-state index in [1.165, 1.54) is 4.31 Å². The molecule has 1 unspecified atom stereocenters. The van der Waals surface area contributed by atoms with E-state index >= 15 is 0 Å². The van der Waals surface area contributed by atoms with E-state index in [0.717, 1.165) is 11.3 Å². The first kappa shape index (κ1) is 15.6. The predicted molar refractivity (Wildman–Crippen MR) is 74.1 cm³/mol. The largest absolute Gasteiger partial charge is 0.391 e. The molecular formula is C12H21NO3S2. The highest BCUT2D eigenvalue weighted by molar-refractivity contribution is 7.91. The lowest BCUT2D eigenvalue weighted by Crippen LogP contribution is -2.42. The second kappa shape index (κ2) is 5.28. The molecule has 1 heterocycles. The average Bonchev–Trinajstić information content (AvgIpc) is 2.74. The van der Waals surface area contributed by atoms with Crippen LogP contribution in [-0.4, -0.2) is 30.9 Å². The minimum absolute atomic E-state index is 0.109. The van der Waals surface area contributed by atoms with Gasteiger partial charge in [0.2, 0.25) is 0 Å². The van der Waals surface area contributed by atoms with Crippen LogP contribution in [0.3, 0.4) is 0 Å². The SMILES string of the molecule is CC(N(C)S(=O)(=O)c1ccc(CO)s1)C(C)(C)C. The zero-order valence-corrected chi connectivity index (χ0v) is 13.1. The molecule has 104 valence electrons. The predicted octanol–water partition coefficient (Wildman–Crippen LogP) is 2.30. The zero-order chi connectivity index (χ0) is 14.1. The minimum atomic E-state index is -3.47. The first-order chi connectivity index (χ1) is 8.10. The second-order valence-corrected chi connectivity index (χ2v) is 8.83. The van der Waals surface area contributed by atoms with Gasteiger partial charge in [-0.3, -0.25) is 0 Å². The highest BCUT2D eigenvalue weighted by atomic mass is 32.2. The summed E-state index contributed by atoms with van der Waals surface area (Å²) in [4.78, 5) is 0.658. The molecule has 0 aliphatic carbocycles. The molecule has 1 N–H and O–H groups in total. The topological polar surface area (TPSA) is 57.6 Å². The van der Waals surface area contributed by atoms with Gasteiger partial charge in [-0.1, -0.05) is 20.8 Å². The lowest BCUT2D eigenvalue weighted by atomic mass is 9.88. The third-order valence-corrected chi connectivity index (χ3v) is 6.69. The Kier molecular flexibility index (Phi) is 4.59. The van der Waals surface area contributed by atoms with Gasteiger partial charge < -0.3 is 5.11 Å². The molecule has 0 spiro atoms. The molecule has 0 bridgehead atoms. The van der Waals surface area contributed by atoms with Gasteiger partial charge in [-0.15, -0.1) is 11.3 Å². The minimum Gasteiger partial charge on any atom is -0.391 e. The number of aliphatic hydroxyl groups excluding tert-OH is 1. The average molecular weight is 291 g/mol. The van der Waals surface area contributed by atoms with Crippen LogP contribution in [0.4, 0.5) is 0 Å². The van der Waals surface area contributed by atoms with Gasteiger partial charge in [0.1, 0.15) is 4.21 Å². The summed E-state index contributed by atoms with van der Waals surface area (Å²) in [6.07, 6.45) is 0. The van der Waals surface area contributed by atoms with Gasteiger partial charge >= 0.3 is 0 Å². The van der Waals surface area contributed by atoms with Gasteiger partial charge in [0.05, 0.1) is 6.61 Å². The Balaban J connectivity index is 3.07. The molecule has 0 saturated carbocycles. The third-order valence-electron chi connectivity index (χ3n) is 3.22. The molecular weight excluding hydrogens is 270 g/mol. The Bertz CT molecular complexity index is 500. The Morgan fingerprint density at radius 2 is 1.94 bits per heavy atom. The maximum atomic E-state index is 12.4. The number of sulfonamides is 1. The quantitative estimate of drug-likeness (QED) is 0.926. The van der Waals surface area contributed by atoms with Crippen LogP contribution >= 0.6 is 11.3 Å². The standard InChI is InChI=1S/C12H21NO3S2/c1-9(12(2,3)4)13(5)18(15,16)11-7-6-10(8-14)17-11/h6-7,9,14H,8H2,1-5H3. The molecule has 1 rings (SSSR count). The van der Waals surface area contributed by atoms with Crippen molar-refractivity contribution in [2.24, 2.45) is 5.41 Å². The number of hydrogen-bond acceptors (Lipinski definition) is 4. The van der Waals surface area contributed by atoms with E-state index in [1.807, 2.05) is 27.7 Å². The summed E-state index contributed by atoms with van der Waals surface area (Å²) in [5, 5.41) is 9.00. The summed E-state index contributed by atoms with van der Waals surface area (Å²) in [5.41, 5.74) is -0.126. The van der Waals surface area contributed by atoms with Crippen molar-refractivity contribution in [3.8, 4) is 0 Å². The normalized spacial score (nSPS) is 15.1. The lowest BCUT2D eigenvalue weighted by Gasteiger charge is -2.34. The van der Waals surface area contributed by atoms with Crippen LogP contribution in [0.1, 0.15) is 32.6 Å². The zero-order valence-electron chi connectivity index (χ0n) is 11.5. The van der Waals surface area contributed by atoms with Crippen LogP contribution in [0.25, 0.3) is 0 Å².